The van der Waals surface area contributed by atoms with Crippen LogP contribution in [0.2, 0.25) is 0 Å². The Morgan fingerprint density at radius 1 is 0.900 bits per heavy atom. The number of primary amides is 1. The van der Waals surface area contributed by atoms with Crippen molar-refractivity contribution in [3.63, 3.8) is 0 Å². The first-order chi connectivity index (χ1) is 9.20. The van der Waals surface area contributed by atoms with Gasteiger partial charge in [-0.25, -0.2) is 0 Å². The van der Waals surface area contributed by atoms with E-state index in [1.165, 1.54) is 5.56 Å². The minimum Gasteiger partial charge on any atom is -0.363 e. The molecule has 0 aliphatic rings. The van der Waals surface area contributed by atoms with Crippen molar-refractivity contribution in [2.75, 3.05) is 0 Å². The van der Waals surface area contributed by atoms with Crippen LogP contribution in [0.25, 0.3) is 10.9 Å². The molecule has 0 bridgehead atoms. The van der Waals surface area contributed by atoms with Crippen molar-refractivity contribution in [2.45, 2.75) is 34.6 Å². The fraction of sp³-hybridized carbons (Fsp3) is 0.375. The van der Waals surface area contributed by atoms with Crippen molar-refractivity contribution < 1.29 is 9.59 Å². The molecular formula is C16H20N2O2. The van der Waals surface area contributed by atoms with Gasteiger partial charge in [0.1, 0.15) is 0 Å². The first-order valence-electron chi connectivity index (χ1n) is 6.59. The van der Waals surface area contributed by atoms with E-state index in [0.717, 1.165) is 33.3 Å². The second kappa shape index (κ2) is 4.47. The third kappa shape index (κ3) is 1.68. The van der Waals surface area contributed by atoms with E-state index in [1.54, 1.807) is 0 Å². The molecule has 1 heterocycles. The zero-order valence-corrected chi connectivity index (χ0v) is 12.8. The lowest BCUT2D eigenvalue weighted by Crippen LogP contribution is -2.23. The van der Waals surface area contributed by atoms with E-state index >= 15 is 0 Å². The molecule has 1 aromatic carbocycles. The first kappa shape index (κ1) is 14.3. The Labute approximate surface area is 118 Å². The van der Waals surface area contributed by atoms with Gasteiger partial charge in [-0.15, -0.1) is 0 Å². The molecule has 106 valence electrons. The highest BCUT2D eigenvalue weighted by atomic mass is 16.2. The van der Waals surface area contributed by atoms with Crippen LogP contribution in [0.3, 0.4) is 0 Å². The average Bonchev–Trinajstić information content (AvgIpc) is 2.66. The molecule has 0 fully saturated rings. The van der Waals surface area contributed by atoms with E-state index in [9.17, 15) is 9.59 Å². The van der Waals surface area contributed by atoms with Crippen LogP contribution >= 0.6 is 0 Å². The number of carbonyl (C=O) groups is 2. The maximum Gasteiger partial charge on any atom is 0.289 e. The number of hydrogen-bond donors (Lipinski definition) is 1. The lowest BCUT2D eigenvalue weighted by Gasteiger charge is -2.13. The van der Waals surface area contributed by atoms with Crippen molar-refractivity contribution in [1.82, 2.24) is 4.57 Å². The molecule has 1 aromatic heterocycles. The van der Waals surface area contributed by atoms with Crippen LogP contribution in [0.4, 0.5) is 0 Å². The summed E-state index contributed by atoms with van der Waals surface area (Å²) in [7, 11) is 1.91. The Bertz CT molecular complexity index is 767. The maximum atomic E-state index is 12.2. The van der Waals surface area contributed by atoms with Crippen molar-refractivity contribution >= 4 is 22.6 Å². The fourth-order valence-corrected chi connectivity index (χ4v) is 2.94. The van der Waals surface area contributed by atoms with Gasteiger partial charge >= 0.3 is 0 Å². The number of nitrogens with two attached hydrogens (primary N) is 1. The molecule has 20 heavy (non-hydrogen) atoms. The zero-order valence-electron chi connectivity index (χ0n) is 12.8. The molecule has 2 aromatic rings. The molecule has 1 amide bonds. The summed E-state index contributed by atoms with van der Waals surface area (Å²) < 4.78 is 1.97. The van der Waals surface area contributed by atoms with E-state index in [2.05, 4.69) is 6.92 Å². The van der Waals surface area contributed by atoms with Crippen LogP contribution in [-0.4, -0.2) is 16.3 Å². The Hall–Kier alpha value is -2.10. The first-order valence-corrected chi connectivity index (χ1v) is 6.59. The molecule has 0 spiro atoms. The third-order valence-electron chi connectivity index (χ3n) is 4.56. The maximum absolute atomic E-state index is 12.2. The number of carbonyl (C=O) groups excluding carboxylic acids is 2. The summed E-state index contributed by atoms with van der Waals surface area (Å²) in [6, 6.07) is 0. The van der Waals surface area contributed by atoms with Crippen molar-refractivity contribution in [3.05, 3.63) is 33.5 Å². The minimum absolute atomic E-state index is 0.443. The predicted molar refractivity (Wildman–Crippen MR) is 80.1 cm³/mol. The van der Waals surface area contributed by atoms with Crippen LogP contribution in [0.15, 0.2) is 0 Å². The lowest BCUT2D eigenvalue weighted by molar-refractivity contribution is -0.114. The normalized spacial score (nSPS) is 11.1. The number of amides is 1. The molecule has 4 nitrogen and oxygen atoms in total. The molecule has 0 aliphatic carbocycles. The minimum atomic E-state index is -0.907. The molecule has 2 rings (SSSR count). The van der Waals surface area contributed by atoms with Gasteiger partial charge in [-0.05, 0) is 56.9 Å². The van der Waals surface area contributed by atoms with Gasteiger partial charge in [-0.3, -0.25) is 9.59 Å². The highest BCUT2D eigenvalue weighted by molar-refractivity contribution is 6.45. The Morgan fingerprint density at radius 2 is 1.40 bits per heavy atom. The van der Waals surface area contributed by atoms with Crippen LogP contribution in [0, 0.1) is 34.6 Å². The summed E-state index contributed by atoms with van der Waals surface area (Å²) in [5.74, 6) is -1.52. The Morgan fingerprint density at radius 3 is 1.90 bits per heavy atom. The van der Waals surface area contributed by atoms with Crippen LogP contribution in [-0.2, 0) is 11.8 Å². The van der Waals surface area contributed by atoms with E-state index in [0.29, 0.717) is 5.56 Å². The number of aryl methyl sites for hydroxylation is 3. The van der Waals surface area contributed by atoms with Crippen molar-refractivity contribution in [3.8, 4) is 0 Å². The number of fused-ring (bicyclic) bond motifs is 1. The van der Waals surface area contributed by atoms with E-state index in [4.69, 9.17) is 5.73 Å². The molecule has 4 heteroatoms. The van der Waals surface area contributed by atoms with E-state index in [-0.39, 0.29) is 0 Å². The number of benzene rings is 1. The van der Waals surface area contributed by atoms with Crippen LogP contribution in [0.5, 0.6) is 0 Å². The lowest BCUT2D eigenvalue weighted by atomic mass is 9.92. The summed E-state index contributed by atoms with van der Waals surface area (Å²) in [5.41, 5.74) is 12.0. The van der Waals surface area contributed by atoms with Crippen LogP contribution in [0.1, 0.15) is 38.3 Å². The standard InChI is InChI=1S/C16H20N2O2/c1-7-8(2)10(4)14-12(9(7)3)13(11(5)18(14)6)15(19)16(17)20/h1-6H3,(H2,17,20). The summed E-state index contributed by atoms with van der Waals surface area (Å²) >= 11 is 0. The highest BCUT2D eigenvalue weighted by Gasteiger charge is 2.25. The molecule has 0 unspecified atom stereocenters. The topological polar surface area (TPSA) is 65.1 Å². The van der Waals surface area contributed by atoms with E-state index < -0.39 is 11.7 Å². The molecule has 0 saturated heterocycles. The molecule has 0 atom stereocenters. The second-order valence-corrected chi connectivity index (χ2v) is 5.44. The SMILES string of the molecule is Cc1c(C)c(C)c2c(c1C)c(C(=O)C(N)=O)c(C)n2C. The Kier molecular flexibility index (Phi) is 3.20. The molecule has 0 aliphatic heterocycles. The van der Waals surface area contributed by atoms with Gasteiger partial charge in [0.25, 0.3) is 11.7 Å². The van der Waals surface area contributed by atoms with Crippen molar-refractivity contribution in [2.24, 2.45) is 12.8 Å². The highest BCUT2D eigenvalue weighted by Crippen LogP contribution is 2.34. The third-order valence-corrected chi connectivity index (χ3v) is 4.56. The van der Waals surface area contributed by atoms with Gasteiger partial charge in [0.2, 0.25) is 0 Å². The number of Topliss-reactive ketones (excluding diaryl/α,β-unsaturated/α-hetero) is 1. The smallest absolute Gasteiger partial charge is 0.289 e. The number of nitrogens with zero attached hydrogens (tertiary/aromatic N) is 1. The summed E-state index contributed by atoms with van der Waals surface area (Å²) in [6.07, 6.45) is 0. The fourth-order valence-electron chi connectivity index (χ4n) is 2.94. The van der Waals surface area contributed by atoms with E-state index in [1.807, 2.05) is 39.3 Å². The van der Waals surface area contributed by atoms with Gasteiger partial charge in [-0.2, -0.15) is 0 Å². The molecule has 0 radical (unpaired) electrons. The monoisotopic (exact) mass is 272 g/mol. The number of aromatic nitrogens is 1. The quantitative estimate of drug-likeness (QED) is 0.674. The molecular weight excluding hydrogens is 252 g/mol. The van der Waals surface area contributed by atoms with Gasteiger partial charge in [0.15, 0.2) is 0 Å². The summed E-state index contributed by atoms with van der Waals surface area (Å²) in [4.78, 5) is 23.5. The molecule has 0 saturated carbocycles. The van der Waals surface area contributed by atoms with Gasteiger partial charge in [0.05, 0.1) is 11.1 Å². The summed E-state index contributed by atoms with van der Waals surface area (Å²) in [6.45, 7) is 10.00. The van der Waals surface area contributed by atoms with Gasteiger partial charge in [-0.1, -0.05) is 0 Å². The number of hydrogen-bond acceptors (Lipinski definition) is 2. The molecule has 2 N–H and O–H groups in total. The number of ketones is 1. The Balaban J connectivity index is 3.09. The predicted octanol–water partition coefficient (Wildman–Crippen LogP) is 2.39. The van der Waals surface area contributed by atoms with Gasteiger partial charge in [0, 0.05) is 18.1 Å². The summed E-state index contributed by atoms with van der Waals surface area (Å²) in [5, 5.41) is 0.856. The second-order valence-electron chi connectivity index (χ2n) is 5.44. The number of rotatable bonds is 2. The van der Waals surface area contributed by atoms with Crippen LogP contribution < -0.4 is 5.73 Å². The zero-order chi connectivity index (χ0) is 15.4. The van der Waals surface area contributed by atoms with Crippen molar-refractivity contribution in [1.29, 1.82) is 0 Å². The largest absolute Gasteiger partial charge is 0.363 e. The van der Waals surface area contributed by atoms with Gasteiger partial charge < -0.3 is 10.3 Å². The average molecular weight is 272 g/mol.